The van der Waals surface area contributed by atoms with Crippen LogP contribution in [0.1, 0.15) is 16.3 Å². The third-order valence-corrected chi connectivity index (χ3v) is 3.35. The average molecular weight is 343 g/mol. The van der Waals surface area contributed by atoms with E-state index in [9.17, 15) is 18.0 Å². The summed E-state index contributed by atoms with van der Waals surface area (Å²) in [7, 11) is 0. The van der Waals surface area contributed by atoms with Crippen LogP contribution in [0.5, 0.6) is 5.75 Å². The molecule has 0 saturated heterocycles. The summed E-state index contributed by atoms with van der Waals surface area (Å²) in [5.41, 5.74) is 1.97. The molecule has 2 rings (SSSR count). The summed E-state index contributed by atoms with van der Waals surface area (Å²) in [6, 6.07) is 4.30. The standard InChI is InChI=1S/C14H12F3N3O2S/c1-9-19-11(8-23-9)6-18-20-13(21)7-22-12-4-2-3-10(5-12)14(15,16)17/h2-6,8H,7H2,1H3,(H,20,21)/b18-6+. The van der Waals surface area contributed by atoms with Crippen LogP contribution in [0.15, 0.2) is 34.7 Å². The van der Waals surface area contributed by atoms with Gasteiger partial charge in [-0.2, -0.15) is 18.3 Å². The molecule has 0 bridgehead atoms. The van der Waals surface area contributed by atoms with Gasteiger partial charge in [0.2, 0.25) is 0 Å². The van der Waals surface area contributed by atoms with E-state index in [0.29, 0.717) is 5.69 Å². The van der Waals surface area contributed by atoms with Gasteiger partial charge in [0.1, 0.15) is 5.75 Å². The Morgan fingerprint density at radius 1 is 1.48 bits per heavy atom. The molecule has 9 heteroatoms. The number of alkyl halides is 3. The molecule has 5 nitrogen and oxygen atoms in total. The number of halogens is 3. The normalized spacial score (nSPS) is 11.7. The molecule has 0 aliphatic heterocycles. The lowest BCUT2D eigenvalue weighted by Crippen LogP contribution is -2.24. The van der Waals surface area contributed by atoms with Crippen molar-refractivity contribution in [3.63, 3.8) is 0 Å². The van der Waals surface area contributed by atoms with Crippen molar-refractivity contribution in [2.75, 3.05) is 6.61 Å². The first kappa shape index (κ1) is 16.9. The molecule has 122 valence electrons. The maximum atomic E-state index is 12.5. The van der Waals surface area contributed by atoms with Crippen molar-refractivity contribution in [1.82, 2.24) is 10.4 Å². The highest BCUT2D eigenvalue weighted by Crippen LogP contribution is 2.31. The third kappa shape index (κ3) is 5.37. The Balaban J connectivity index is 1.83. The Kier molecular flexibility index (Phi) is 5.32. The number of nitrogens with one attached hydrogen (secondary N) is 1. The summed E-state index contributed by atoms with van der Waals surface area (Å²) in [4.78, 5) is 15.6. The number of thiazole rings is 1. The molecule has 1 heterocycles. The van der Waals surface area contributed by atoms with E-state index in [1.54, 1.807) is 5.38 Å². The molecule has 0 spiro atoms. The van der Waals surface area contributed by atoms with Gasteiger partial charge in [-0.25, -0.2) is 10.4 Å². The second-order valence-electron chi connectivity index (χ2n) is 4.40. The number of hydrogen-bond acceptors (Lipinski definition) is 5. The highest BCUT2D eigenvalue weighted by atomic mass is 32.1. The lowest BCUT2D eigenvalue weighted by molar-refractivity contribution is -0.137. The molecule has 1 amide bonds. The number of carbonyl (C=O) groups is 1. The van der Waals surface area contributed by atoms with Crippen molar-refractivity contribution in [2.24, 2.45) is 5.10 Å². The number of benzene rings is 1. The number of aromatic nitrogens is 1. The maximum absolute atomic E-state index is 12.5. The van der Waals surface area contributed by atoms with Crippen molar-refractivity contribution in [2.45, 2.75) is 13.1 Å². The number of ether oxygens (including phenoxy) is 1. The first-order valence-electron chi connectivity index (χ1n) is 6.38. The van der Waals surface area contributed by atoms with Crippen molar-refractivity contribution in [1.29, 1.82) is 0 Å². The Labute approximate surface area is 133 Å². The molecule has 1 aromatic carbocycles. The van der Waals surface area contributed by atoms with Crippen LogP contribution in [0, 0.1) is 6.92 Å². The largest absolute Gasteiger partial charge is 0.484 e. The molecule has 0 saturated carbocycles. The van der Waals surface area contributed by atoms with E-state index in [0.717, 1.165) is 17.1 Å². The third-order valence-electron chi connectivity index (χ3n) is 2.55. The van der Waals surface area contributed by atoms with Gasteiger partial charge in [0.05, 0.1) is 22.5 Å². The van der Waals surface area contributed by atoms with Gasteiger partial charge in [0.25, 0.3) is 5.91 Å². The van der Waals surface area contributed by atoms with E-state index in [1.165, 1.54) is 29.7 Å². The molecular formula is C14H12F3N3O2S. The van der Waals surface area contributed by atoms with Crippen LogP contribution in [0.4, 0.5) is 13.2 Å². The fraction of sp³-hybridized carbons (Fsp3) is 0.214. The fourth-order valence-electron chi connectivity index (χ4n) is 1.55. The highest BCUT2D eigenvalue weighted by molar-refractivity contribution is 7.09. The highest BCUT2D eigenvalue weighted by Gasteiger charge is 2.30. The van der Waals surface area contributed by atoms with Crippen molar-refractivity contribution < 1.29 is 22.7 Å². The Hall–Kier alpha value is -2.42. The van der Waals surface area contributed by atoms with Crippen LogP contribution < -0.4 is 10.2 Å². The predicted molar refractivity (Wildman–Crippen MR) is 79.5 cm³/mol. The van der Waals surface area contributed by atoms with Gasteiger partial charge < -0.3 is 4.74 Å². The number of carbonyl (C=O) groups excluding carboxylic acids is 1. The second kappa shape index (κ2) is 7.23. The maximum Gasteiger partial charge on any atom is 0.416 e. The van der Waals surface area contributed by atoms with E-state index in [1.807, 2.05) is 6.92 Å². The minimum atomic E-state index is -4.46. The van der Waals surface area contributed by atoms with Gasteiger partial charge in [-0.3, -0.25) is 4.79 Å². The van der Waals surface area contributed by atoms with Crippen LogP contribution in [-0.4, -0.2) is 23.7 Å². The van der Waals surface area contributed by atoms with Gasteiger partial charge in [-0.1, -0.05) is 6.07 Å². The molecule has 2 aromatic rings. The number of aryl methyl sites for hydroxylation is 1. The van der Waals surface area contributed by atoms with Gasteiger partial charge in [-0.15, -0.1) is 11.3 Å². The first-order chi connectivity index (χ1) is 10.8. The molecule has 0 aliphatic carbocycles. The predicted octanol–water partition coefficient (Wildman–Crippen LogP) is 3.00. The van der Waals surface area contributed by atoms with Gasteiger partial charge in [0, 0.05) is 5.38 Å². The Morgan fingerprint density at radius 2 is 2.26 bits per heavy atom. The zero-order chi connectivity index (χ0) is 16.9. The van der Waals surface area contributed by atoms with Crippen LogP contribution in [-0.2, 0) is 11.0 Å². The topological polar surface area (TPSA) is 63.6 Å². The molecule has 0 unspecified atom stereocenters. The van der Waals surface area contributed by atoms with Crippen molar-refractivity contribution in [3.05, 3.63) is 45.9 Å². The summed E-state index contributed by atoms with van der Waals surface area (Å²) in [6.07, 6.45) is -3.09. The summed E-state index contributed by atoms with van der Waals surface area (Å²) in [5, 5.41) is 6.32. The molecule has 1 N–H and O–H groups in total. The summed E-state index contributed by atoms with van der Waals surface area (Å²) in [5.74, 6) is -0.639. The van der Waals surface area contributed by atoms with E-state index in [2.05, 4.69) is 15.5 Å². The van der Waals surface area contributed by atoms with Gasteiger partial charge in [0.15, 0.2) is 6.61 Å². The molecule has 0 fully saturated rings. The number of nitrogens with zero attached hydrogens (tertiary/aromatic N) is 2. The number of hydrazone groups is 1. The lowest BCUT2D eigenvalue weighted by Gasteiger charge is -2.09. The number of rotatable bonds is 5. The van der Waals surface area contributed by atoms with Crippen LogP contribution in [0.25, 0.3) is 0 Å². The van der Waals surface area contributed by atoms with Crippen molar-refractivity contribution >= 4 is 23.5 Å². The van der Waals surface area contributed by atoms with Crippen LogP contribution in [0.2, 0.25) is 0 Å². The first-order valence-corrected chi connectivity index (χ1v) is 7.26. The monoisotopic (exact) mass is 343 g/mol. The number of hydrogen-bond donors (Lipinski definition) is 1. The van der Waals surface area contributed by atoms with E-state index in [-0.39, 0.29) is 5.75 Å². The minimum absolute atomic E-state index is 0.0471. The lowest BCUT2D eigenvalue weighted by atomic mass is 10.2. The zero-order valence-corrected chi connectivity index (χ0v) is 12.7. The summed E-state index contributed by atoms with van der Waals surface area (Å²) in [6.45, 7) is 1.39. The molecule has 23 heavy (non-hydrogen) atoms. The summed E-state index contributed by atoms with van der Waals surface area (Å²) >= 11 is 1.44. The molecule has 0 aliphatic rings. The summed E-state index contributed by atoms with van der Waals surface area (Å²) < 4.78 is 42.6. The molecule has 0 atom stereocenters. The van der Waals surface area contributed by atoms with Crippen LogP contribution >= 0.6 is 11.3 Å². The quantitative estimate of drug-likeness (QED) is 0.670. The van der Waals surface area contributed by atoms with Gasteiger partial charge >= 0.3 is 6.18 Å². The second-order valence-corrected chi connectivity index (χ2v) is 5.46. The fourth-order valence-corrected chi connectivity index (χ4v) is 2.12. The Morgan fingerprint density at radius 3 is 2.91 bits per heavy atom. The smallest absolute Gasteiger partial charge is 0.416 e. The molecule has 1 aromatic heterocycles. The van der Waals surface area contributed by atoms with E-state index >= 15 is 0 Å². The average Bonchev–Trinajstić information content (AvgIpc) is 2.90. The SMILES string of the molecule is Cc1nc(/C=N/NC(=O)COc2cccc(C(F)(F)F)c2)cs1. The Bertz CT molecular complexity index is 713. The van der Waals surface area contributed by atoms with Crippen molar-refractivity contribution in [3.8, 4) is 5.75 Å². The number of amides is 1. The minimum Gasteiger partial charge on any atom is -0.484 e. The zero-order valence-electron chi connectivity index (χ0n) is 11.9. The van der Waals surface area contributed by atoms with Crippen LogP contribution in [0.3, 0.4) is 0 Å². The van der Waals surface area contributed by atoms with Gasteiger partial charge in [-0.05, 0) is 25.1 Å². The van der Waals surface area contributed by atoms with E-state index in [4.69, 9.17) is 4.74 Å². The molecular weight excluding hydrogens is 331 g/mol. The van der Waals surface area contributed by atoms with E-state index < -0.39 is 24.3 Å². The molecule has 0 radical (unpaired) electrons.